The van der Waals surface area contributed by atoms with Gasteiger partial charge in [0.15, 0.2) is 5.69 Å². The number of aromatic amines is 1. The number of aryl methyl sites for hydroxylation is 1. The van der Waals surface area contributed by atoms with Gasteiger partial charge in [-0.2, -0.15) is 5.10 Å². The van der Waals surface area contributed by atoms with Gasteiger partial charge in [-0.15, -0.1) is 0 Å². The van der Waals surface area contributed by atoms with Gasteiger partial charge in [-0.05, 0) is 18.2 Å². The van der Waals surface area contributed by atoms with Gasteiger partial charge in [0.25, 0.3) is 5.91 Å². The Morgan fingerprint density at radius 1 is 1.48 bits per heavy atom. The fraction of sp³-hybridized carbons (Fsp3) is 0.214. The van der Waals surface area contributed by atoms with Crippen LogP contribution in [-0.2, 0) is 13.5 Å². The van der Waals surface area contributed by atoms with Gasteiger partial charge in [0.1, 0.15) is 5.82 Å². The lowest BCUT2D eigenvalue weighted by molar-refractivity contribution is 0.0950. The number of nitrogens with one attached hydrogen (secondary N) is 2. The molecule has 0 aliphatic heterocycles. The van der Waals surface area contributed by atoms with E-state index in [1.807, 2.05) is 23.9 Å². The van der Waals surface area contributed by atoms with E-state index in [1.165, 1.54) is 0 Å². The Morgan fingerprint density at radius 2 is 2.33 bits per heavy atom. The fourth-order valence-electron chi connectivity index (χ4n) is 2.21. The molecule has 2 heterocycles. The second-order valence-electron chi connectivity index (χ2n) is 4.84. The summed E-state index contributed by atoms with van der Waals surface area (Å²) in [5, 5.41) is 10.5. The largest absolute Gasteiger partial charge is 0.399 e. The van der Waals surface area contributed by atoms with Crippen LogP contribution in [0.2, 0.25) is 0 Å². The molecule has 2 aromatic heterocycles. The van der Waals surface area contributed by atoms with E-state index >= 15 is 0 Å². The van der Waals surface area contributed by atoms with Crippen molar-refractivity contribution in [2.75, 3.05) is 12.3 Å². The molecule has 0 spiro atoms. The first-order valence-corrected chi connectivity index (χ1v) is 6.63. The van der Waals surface area contributed by atoms with Crippen molar-refractivity contribution < 1.29 is 4.79 Å². The lowest BCUT2D eigenvalue weighted by Gasteiger charge is -2.04. The molecule has 4 N–H and O–H groups in total. The highest BCUT2D eigenvalue weighted by Gasteiger charge is 2.14. The third kappa shape index (κ3) is 2.58. The zero-order valence-corrected chi connectivity index (χ0v) is 11.6. The summed E-state index contributed by atoms with van der Waals surface area (Å²) in [7, 11) is 1.92. The summed E-state index contributed by atoms with van der Waals surface area (Å²) in [5.41, 5.74) is 7.50. The number of nitrogen functional groups attached to an aromatic ring is 1. The number of amides is 1. The topological polar surface area (TPSA) is 102 Å². The van der Waals surface area contributed by atoms with Gasteiger partial charge >= 0.3 is 0 Å². The molecule has 7 heteroatoms. The zero-order valence-electron chi connectivity index (χ0n) is 11.6. The van der Waals surface area contributed by atoms with Crippen LogP contribution >= 0.6 is 0 Å². The molecule has 21 heavy (non-hydrogen) atoms. The maximum absolute atomic E-state index is 12.2. The smallest absolute Gasteiger partial charge is 0.272 e. The van der Waals surface area contributed by atoms with Gasteiger partial charge in [0, 0.05) is 43.5 Å². The van der Waals surface area contributed by atoms with Crippen molar-refractivity contribution >= 4 is 22.5 Å². The highest BCUT2D eigenvalue weighted by molar-refractivity contribution is 6.05. The molecule has 7 nitrogen and oxygen atoms in total. The standard InChI is InChI=1S/C14H16N6O/c1-20-7-6-16-12(20)4-5-17-14(21)13-10-8-9(15)2-3-11(10)18-19-13/h2-3,6-8H,4-5,15H2,1H3,(H,17,21)(H,18,19). The van der Waals surface area contributed by atoms with Crippen LogP contribution in [0.5, 0.6) is 0 Å². The van der Waals surface area contributed by atoms with Crippen molar-refractivity contribution in [3.05, 3.63) is 42.1 Å². The summed E-state index contributed by atoms with van der Waals surface area (Å²) in [6.07, 6.45) is 4.28. The van der Waals surface area contributed by atoms with Crippen molar-refractivity contribution in [2.45, 2.75) is 6.42 Å². The lowest BCUT2D eigenvalue weighted by atomic mass is 10.2. The van der Waals surface area contributed by atoms with Crippen LogP contribution in [0, 0.1) is 0 Å². The number of aromatic nitrogens is 4. The Balaban J connectivity index is 1.69. The van der Waals surface area contributed by atoms with Gasteiger partial charge in [-0.3, -0.25) is 9.89 Å². The maximum Gasteiger partial charge on any atom is 0.272 e. The summed E-state index contributed by atoms with van der Waals surface area (Å²) in [6, 6.07) is 5.32. The average molecular weight is 284 g/mol. The number of benzene rings is 1. The van der Waals surface area contributed by atoms with Crippen LogP contribution in [0.3, 0.4) is 0 Å². The first kappa shape index (κ1) is 13.2. The normalized spacial score (nSPS) is 10.9. The van der Waals surface area contributed by atoms with E-state index in [0.717, 1.165) is 16.7 Å². The minimum atomic E-state index is -0.221. The Labute approximate surface area is 121 Å². The van der Waals surface area contributed by atoms with Crippen molar-refractivity contribution in [1.82, 2.24) is 25.1 Å². The molecule has 0 saturated heterocycles. The molecule has 0 atom stereocenters. The molecule has 1 aromatic carbocycles. The number of hydrogen-bond acceptors (Lipinski definition) is 4. The molecule has 0 radical (unpaired) electrons. The molecule has 0 bridgehead atoms. The molecular formula is C14H16N6O. The van der Waals surface area contributed by atoms with Crippen molar-refractivity contribution in [2.24, 2.45) is 7.05 Å². The molecule has 0 unspecified atom stereocenters. The number of rotatable bonds is 4. The van der Waals surface area contributed by atoms with Crippen LogP contribution in [0.1, 0.15) is 16.3 Å². The Morgan fingerprint density at radius 3 is 3.10 bits per heavy atom. The molecule has 1 amide bonds. The second-order valence-corrected chi connectivity index (χ2v) is 4.84. The Kier molecular flexibility index (Phi) is 3.31. The third-order valence-corrected chi connectivity index (χ3v) is 3.36. The summed E-state index contributed by atoms with van der Waals surface area (Å²) < 4.78 is 1.93. The predicted molar refractivity (Wildman–Crippen MR) is 79.8 cm³/mol. The molecule has 108 valence electrons. The number of nitrogens with two attached hydrogens (primary N) is 1. The van der Waals surface area contributed by atoms with E-state index in [9.17, 15) is 4.79 Å². The van der Waals surface area contributed by atoms with Gasteiger partial charge in [0.2, 0.25) is 0 Å². The average Bonchev–Trinajstić information content (AvgIpc) is 3.05. The van der Waals surface area contributed by atoms with Crippen LogP contribution < -0.4 is 11.1 Å². The molecule has 0 aliphatic rings. The lowest BCUT2D eigenvalue weighted by Crippen LogP contribution is -2.26. The number of fused-ring (bicyclic) bond motifs is 1. The minimum absolute atomic E-state index is 0.221. The van der Waals surface area contributed by atoms with Crippen LogP contribution in [0.25, 0.3) is 10.9 Å². The minimum Gasteiger partial charge on any atom is -0.399 e. The molecule has 3 rings (SSSR count). The molecular weight excluding hydrogens is 268 g/mol. The van der Waals surface area contributed by atoms with E-state index < -0.39 is 0 Å². The van der Waals surface area contributed by atoms with Crippen LogP contribution in [-0.4, -0.2) is 32.2 Å². The zero-order chi connectivity index (χ0) is 14.8. The van der Waals surface area contributed by atoms with Gasteiger partial charge in [0.05, 0.1) is 5.52 Å². The van der Waals surface area contributed by atoms with Gasteiger partial charge in [-0.1, -0.05) is 0 Å². The number of hydrogen-bond donors (Lipinski definition) is 3. The van der Waals surface area contributed by atoms with Crippen molar-refractivity contribution in [3.63, 3.8) is 0 Å². The monoisotopic (exact) mass is 284 g/mol. The van der Waals surface area contributed by atoms with Crippen molar-refractivity contribution in [3.8, 4) is 0 Å². The Hall–Kier alpha value is -2.83. The number of nitrogens with zero attached hydrogens (tertiary/aromatic N) is 3. The molecule has 0 aliphatic carbocycles. The SMILES string of the molecule is Cn1ccnc1CCNC(=O)c1n[nH]c2ccc(N)cc12. The van der Waals surface area contributed by atoms with Crippen LogP contribution in [0.4, 0.5) is 5.69 Å². The van der Waals surface area contributed by atoms with E-state index in [0.29, 0.717) is 24.3 Å². The van der Waals surface area contributed by atoms with E-state index in [-0.39, 0.29) is 5.91 Å². The van der Waals surface area contributed by atoms with Gasteiger partial charge < -0.3 is 15.6 Å². The second kappa shape index (κ2) is 5.28. The summed E-state index contributed by atoms with van der Waals surface area (Å²) in [6.45, 7) is 0.500. The van der Waals surface area contributed by atoms with E-state index in [1.54, 1.807) is 18.3 Å². The van der Waals surface area contributed by atoms with E-state index in [4.69, 9.17) is 5.73 Å². The predicted octanol–water partition coefficient (Wildman–Crippen LogP) is 0.851. The van der Waals surface area contributed by atoms with E-state index in [2.05, 4.69) is 20.5 Å². The highest BCUT2D eigenvalue weighted by Crippen LogP contribution is 2.18. The first-order chi connectivity index (χ1) is 10.1. The summed E-state index contributed by atoms with van der Waals surface area (Å²) in [4.78, 5) is 16.4. The number of carbonyl (C=O) groups excluding carboxylic acids is 1. The Bertz CT molecular complexity index is 788. The molecule has 0 saturated carbocycles. The number of carbonyl (C=O) groups is 1. The van der Waals surface area contributed by atoms with Crippen molar-refractivity contribution in [1.29, 1.82) is 0 Å². The number of imidazole rings is 1. The van der Waals surface area contributed by atoms with Crippen LogP contribution in [0.15, 0.2) is 30.6 Å². The third-order valence-electron chi connectivity index (χ3n) is 3.36. The van der Waals surface area contributed by atoms with Gasteiger partial charge in [-0.25, -0.2) is 4.98 Å². The number of H-pyrrole nitrogens is 1. The number of anilines is 1. The fourth-order valence-corrected chi connectivity index (χ4v) is 2.21. The molecule has 0 fully saturated rings. The quantitative estimate of drug-likeness (QED) is 0.618. The summed E-state index contributed by atoms with van der Waals surface area (Å²) >= 11 is 0. The first-order valence-electron chi connectivity index (χ1n) is 6.63. The molecule has 3 aromatic rings. The maximum atomic E-state index is 12.2. The highest BCUT2D eigenvalue weighted by atomic mass is 16.1. The summed E-state index contributed by atoms with van der Waals surface area (Å²) in [5.74, 6) is 0.701.